The minimum Gasteiger partial charge on any atom is -0.481 e. The van der Waals surface area contributed by atoms with E-state index in [1.54, 1.807) is 0 Å². The van der Waals surface area contributed by atoms with Gasteiger partial charge in [-0.15, -0.1) is 0 Å². The van der Waals surface area contributed by atoms with E-state index >= 15 is 0 Å². The minimum absolute atomic E-state index is 0.0218. The molecule has 45 heavy (non-hydrogen) atoms. The number of esters is 1. The molecular formula is C40H56O5. The molecule has 9 atom stereocenters. The predicted molar refractivity (Wildman–Crippen MR) is 176 cm³/mol. The summed E-state index contributed by atoms with van der Waals surface area (Å²) in [6.45, 7) is 16.1. The molecule has 0 unspecified atom stereocenters. The van der Waals surface area contributed by atoms with Crippen LogP contribution < -0.4 is 4.74 Å². The lowest BCUT2D eigenvalue weighted by Gasteiger charge is -2.59. The Kier molecular flexibility index (Phi) is 7.12. The second-order valence-electron chi connectivity index (χ2n) is 18.0. The number of benzene rings is 1. The number of fused-ring (bicyclic) bond motifs is 7. The molecule has 5 heteroatoms. The first-order valence-electron chi connectivity index (χ1n) is 18.1. The van der Waals surface area contributed by atoms with E-state index in [9.17, 15) is 19.8 Å². The van der Waals surface area contributed by atoms with E-state index < -0.39 is 22.9 Å². The van der Waals surface area contributed by atoms with Crippen molar-refractivity contribution in [2.45, 2.75) is 142 Å². The summed E-state index contributed by atoms with van der Waals surface area (Å²) < 4.78 is 6.24. The van der Waals surface area contributed by atoms with Gasteiger partial charge in [0.1, 0.15) is 11.2 Å². The van der Waals surface area contributed by atoms with Crippen LogP contribution in [0.4, 0.5) is 0 Å². The summed E-state index contributed by atoms with van der Waals surface area (Å²) in [6, 6.07) is 4.18. The number of rotatable bonds is 3. The molecule has 0 saturated heterocycles. The van der Waals surface area contributed by atoms with E-state index in [0.717, 1.165) is 62.5 Å². The number of hydrogen-bond acceptors (Lipinski definition) is 4. The molecule has 1 aliphatic heterocycles. The van der Waals surface area contributed by atoms with Crippen LogP contribution in [0.25, 0.3) is 0 Å². The zero-order chi connectivity index (χ0) is 32.3. The van der Waals surface area contributed by atoms with Crippen molar-refractivity contribution in [3.63, 3.8) is 0 Å². The van der Waals surface area contributed by atoms with Gasteiger partial charge in [0.2, 0.25) is 0 Å². The normalized spacial score (nSPS) is 42.9. The molecule has 7 rings (SSSR count). The molecule has 5 aliphatic carbocycles. The summed E-state index contributed by atoms with van der Waals surface area (Å²) in [4.78, 5) is 28.1. The molecule has 3 saturated carbocycles. The van der Waals surface area contributed by atoms with Crippen molar-refractivity contribution in [1.29, 1.82) is 0 Å². The van der Waals surface area contributed by atoms with E-state index in [1.807, 2.05) is 6.07 Å². The van der Waals surface area contributed by atoms with Crippen molar-refractivity contribution in [1.82, 2.24) is 0 Å². The Labute approximate surface area is 270 Å². The van der Waals surface area contributed by atoms with E-state index in [2.05, 4.69) is 60.6 Å². The number of carboxylic acid groups (broad SMARTS) is 1. The van der Waals surface area contributed by atoms with Gasteiger partial charge in [0, 0.05) is 11.5 Å². The quantitative estimate of drug-likeness (QED) is 0.201. The summed E-state index contributed by atoms with van der Waals surface area (Å²) >= 11 is 0. The van der Waals surface area contributed by atoms with Gasteiger partial charge < -0.3 is 14.9 Å². The van der Waals surface area contributed by atoms with Crippen LogP contribution in [0.1, 0.15) is 148 Å². The Bertz CT molecular complexity index is 1450. The number of aliphatic carboxylic acids is 1. The van der Waals surface area contributed by atoms with E-state index in [1.165, 1.54) is 17.6 Å². The van der Waals surface area contributed by atoms with Gasteiger partial charge >= 0.3 is 11.9 Å². The molecule has 246 valence electrons. The highest BCUT2D eigenvalue weighted by atomic mass is 16.5. The number of allylic oxidation sites excluding steroid dienone is 2. The maximum Gasteiger partial charge on any atom is 0.322 e. The number of carbonyl (C=O) groups excluding carboxylic acids is 1. The van der Waals surface area contributed by atoms with Crippen LogP contribution in [0.15, 0.2) is 23.8 Å². The summed E-state index contributed by atoms with van der Waals surface area (Å²) in [7, 11) is 0. The molecule has 3 fully saturated rings. The maximum atomic E-state index is 14.5. The van der Waals surface area contributed by atoms with Crippen LogP contribution in [-0.2, 0) is 20.4 Å². The first kappa shape index (κ1) is 31.5. The molecule has 1 aromatic rings. The third kappa shape index (κ3) is 4.13. The highest BCUT2D eigenvalue weighted by molar-refractivity contribution is 5.93. The predicted octanol–water partition coefficient (Wildman–Crippen LogP) is 9.05. The van der Waals surface area contributed by atoms with Crippen molar-refractivity contribution in [3.05, 3.63) is 40.5 Å². The van der Waals surface area contributed by atoms with Crippen LogP contribution in [-0.4, -0.2) is 22.2 Å². The Hall–Kier alpha value is -2.14. The Morgan fingerprint density at radius 2 is 1.64 bits per heavy atom. The lowest BCUT2D eigenvalue weighted by molar-refractivity contribution is -0.181. The minimum atomic E-state index is -0.898. The van der Waals surface area contributed by atoms with E-state index in [4.69, 9.17) is 4.74 Å². The van der Waals surface area contributed by atoms with Gasteiger partial charge in [0.15, 0.2) is 0 Å². The largest absolute Gasteiger partial charge is 0.481 e. The van der Waals surface area contributed by atoms with Crippen LogP contribution in [0.2, 0.25) is 0 Å². The molecule has 1 aromatic carbocycles. The Balaban J connectivity index is 1.39. The molecule has 0 amide bonds. The van der Waals surface area contributed by atoms with Crippen LogP contribution in [0.3, 0.4) is 0 Å². The SMILES string of the molecule is CC1=CCC[C@]2(C(=O)Oc3ccc4c(c32)[C@@H](O)C[C@H]2C(C)(C)CCC[C@]42C)[C@H]1C[C@H]1[C@H](C)CC[C@@H]2C(C)(C)CCC[C@@]21C(=O)O. The van der Waals surface area contributed by atoms with Gasteiger partial charge in [-0.05, 0) is 122 Å². The molecule has 0 radical (unpaired) electrons. The van der Waals surface area contributed by atoms with E-state index in [-0.39, 0.29) is 45.9 Å². The van der Waals surface area contributed by atoms with Gasteiger partial charge in [-0.1, -0.05) is 78.5 Å². The fourth-order valence-electron chi connectivity index (χ4n) is 13.0. The van der Waals surface area contributed by atoms with Crippen LogP contribution in [0, 0.1) is 45.8 Å². The monoisotopic (exact) mass is 616 g/mol. The topological polar surface area (TPSA) is 83.8 Å². The highest BCUT2D eigenvalue weighted by Gasteiger charge is 2.65. The van der Waals surface area contributed by atoms with Crippen molar-refractivity contribution < 1.29 is 24.5 Å². The van der Waals surface area contributed by atoms with Gasteiger partial charge in [0.05, 0.1) is 11.5 Å². The average Bonchev–Trinajstić information content (AvgIpc) is 3.23. The number of aliphatic hydroxyl groups excluding tert-OH is 1. The van der Waals surface area contributed by atoms with Crippen molar-refractivity contribution >= 4 is 11.9 Å². The van der Waals surface area contributed by atoms with Gasteiger partial charge in [-0.2, -0.15) is 0 Å². The Morgan fingerprint density at radius 1 is 0.956 bits per heavy atom. The molecule has 2 N–H and O–H groups in total. The summed E-state index contributed by atoms with van der Waals surface area (Å²) in [5.74, 6) is 0.362. The molecule has 5 nitrogen and oxygen atoms in total. The molecule has 0 aromatic heterocycles. The highest BCUT2D eigenvalue weighted by Crippen LogP contribution is 2.67. The number of aliphatic hydroxyl groups is 1. The lowest BCUT2D eigenvalue weighted by atomic mass is 9.44. The average molecular weight is 617 g/mol. The number of carbonyl (C=O) groups is 2. The lowest BCUT2D eigenvalue weighted by Crippen LogP contribution is -2.58. The zero-order valence-corrected chi connectivity index (χ0v) is 28.8. The molecule has 6 aliphatic rings. The van der Waals surface area contributed by atoms with Crippen molar-refractivity contribution in [2.75, 3.05) is 0 Å². The van der Waals surface area contributed by atoms with Gasteiger partial charge in [-0.3, -0.25) is 9.59 Å². The third-order valence-corrected chi connectivity index (χ3v) is 15.1. The van der Waals surface area contributed by atoms with E-state index in [0.29, 0.717) is 30.9 Å². The first-order chi connectivity index (χ1) is 21.1. The second-order valence-corrected chi connectivity index (χ2v) is 18.0. The third-order valence-electron chi connectivity index (χ3n) is 15.1. The number of carboxylic acids is 1. The standard InChI is InChI=1S/C40H56O5/c1-23-11-8-19-40(27(23)21-26-24(2)12-15-30-36(3,4)17-10-20-39(26,30)34(42)43)33-29(45-35(40)44)14-13-25-32(33)28(41)22-31-37(5,6)16-9-18-38(25,31)7/h11,13-14,24,26-28,30-31,41H,8-10,12,15-22H2,1-7H3,(H,42,43)/t24-,26+,27+,28+,30-,31+,38-,39+,40+/m1/s1. The van der Waals surface area contributed by atoms with Crippen LogP contribution in [0.5, 0.6) is 5.75 Å². The second kappa shape index (κ2) is 10.2. The summed E-state index contributed by atoms with van der Waals surface area (Å²) in [5, 5.41) is 23.2. The van der Waals surface area contributed by atoms with Gasteiger partial charge in [-0.25, -0.2) is 0 Å². The summed E-state index contributed by atoms with van der Waals surface area (Å²) in [5.41, 5.74) is 2.64. The molecule has 0 bridgehead atoms. The van der Waals surface area contributed by atoms with Crippen LogP contribution >= 0.6 is 0 Å². The molecule has 1 spiro atoms. The zero-order valence-electron chi connectivity index (χ0n) is 28.8. The van der Waals surface area contributed by atoms with Crippen molar-refractivity contribution in [2.24, 2.45) is 45.8 Å². The molecule has 1 heterocycles. The number of ether oxygens (including phenoxy) is 1. The smallest absolute Gasteiger partial charge is 0.322 e. The first-order valence-corrected chi connectivity index (χ1v) is 18.1. The Morgan fingerprint density at radius 3 is 2.36 bits per heavy atom. The van der Waals surface area contributed by atoms with Gasteiger partial charge in [0.25, 0.3) is 0 Å². The van der Waals surface area contributed by atoms with Crippen molar-refractivity contribution in [3.8, 4) is 5.75 Å². The fourth-order valence-corrected chi connectivity index (χ4v) is 13.0. The number of hydrogen-bond donors (Lipinski definition) is 2. The maximum absolute atomic E-state index is 14.5. The fraction of sp³-hybridized carbons (Fsp3) is 0.750. The summed E-state index contributed by atoms with van der Waals surface area (Å²) in [6.07, 6.45) is 12.6. The molecular weight excluding hydrogens is 560 g/mol.